The molecule has 0 saturated heterocycles. The molecular weight excluding hydrogens is 276 g/mol. The number of halogens is 1. The van der Waals surface area contributed by atoms with Crippen LogP contribution in [0.3, 0.4) is 0 Å². The van der Waals surface area contributed by atoms with Crippen LogP contribution in [0.15, 0.2) is 53.4 Å². The second-order valence-electron chi connectivity index (χ2n) is 4.69. The first kappa shape index (κ1) is 13.0. The van der Waals surface area contributed by atoms with Gasteiger partial charge >= 0.3 is 0 Å². The summed E-state index contributed by atoms with van der Waals surface area (Å²) in [6.45, 7) is 1.45. The third-order valence-electron chi connectivity index (χ3n) is 3.20. The fourth-order valence-electron chi connectivity index (χ4n) is 2.24. The Morgan fingerprint density at radius 2 is 1.89 bits per heavy atom. The molecular formula is C16H15ClOS. The van der Waals surface area contributed by atoms with Gasteiger partial charge in [0.1, 0.15) is 0 Å². The van der Waals surface area contributed by atoms with Crippen molar-refractivity contribution in [3.8, 4) is 0 Å². The molecule has 0 amide bonds. The van der Waals surface area contributed by atoms with Crippen molar-refractivity contribution >= 4 is 23.4 Å². The average molecular weight is 291 g/mol. The van der Waals surface area contributed by atoms with Crippen molar-refractivity contribution in [1.29, 1.82) is 0 Å². The number of hydrogen-bond donors (Lipinski definition) is 0. The standard InChI is InChI=1S/C16H15ClOS/c17-14-7-5-12(6-8-14)10-18-11-15-9-13-3-1-2-4-16(13)19-15/h1-8,15H,9-11H2. The summed E-state index contributed by atoms with van der Waals surface area (Å²) in [7, 11) is 0. The summed E-state index contributed by atoms with van der Waals surface area (Å²) in [6, 6.07) is 16.4. The van der Waals surface area contributed by atoms with Gasteiger partial charge in [-0.25, -0.2) is 0 Å². The maximum Gasteiger partial charge on any atom is 0.0717 e. The maximum atomic E-state index is 5.86. The first-order valence-corrected chi connectivity index (χ1v) is 7.64. The molecule has 0 radical (unpaired) electrons. The van der Waals surface area contributed by atoms with Crippen LogP contribution in [0.25, 0.3) is 0 Å². The lowest BCUT2D eigenvalue weighted by molar-refractivity contribution is 0.122. The summed E-state index contributed by atoms with van der Waals surface area (Å²) in [6.07, 6.45) is 1.11. The molecule has 1 nitrogen and oxygen atoms in total. The number of thioether (sulfide) groups is 1. The highest BCUT2D eigenvalue weighted by molar-refractivity contribution is 8.00. The first-order valence-electron chi connectivity index (χ1n) is 6.38. The van der Waals surface area contributed by atoms with Gasteiger partial charge in [-0.15, -0.1) is 11.8 Å². The molecule has 0 spiro atoms. The van der Waals surface area contributed by atoms with Gasteiger partial charge < -0.3 is 4.74 Å². The normalized spacial score (nSPS) is 17.4. The maximum absolute atomic E-state index is 5.86. The number of benzene rings is 2. The van der Waals surface area contributed by atoms with Crippen molar-refractivity contribution < 1.29 is 4.74 Å². The van der Waals surface area contributed by atoms with Gasteiger partial charge in [-0.2, -0.15) is 0 Å². The van der Waals surface area contributed by atoms with Crippen LogP contribution in [0.5, 0.6) is 0 Å². The van der Waals surface area contributed by atoms with Crippen LogP contribution in [-0.4, -0.2) is 11.9 Å². The molecule has 0 aromatic heterocycles. The predicted octanol–water partition coefficient (Wildman–Crippen LogP) is 4.57. The zero-order chi connectivity index (χ0) is 13.1. The minimum atomic E-state index is 0.546. The van der Waals surface area contributed by atoms with Gasteiger partial charge in [0.05, 0.1) is 13.2 Å². The fourth-order valence-corrected chi connectivity index (χ4v) is 3.61. The van der Waals surface area contributed by atoms with E-state index >= 15 is 0 Å². The van der Waals surface area contributed by atoms with Crippen LogP contribution in [0, 0.1) is 0 Å². The highest BCUT2D eigenvalue weighted by atomic mass is 35.5. The Balaban J connectivity index is 1.48. The highest BCUT2D eigenvalue weighted by Crippen LogP contribution is 2.36. The Hall–Kier alpha value is -0.960. The Morgan fingerprint density at radius 1 is 1.11 bits per heavy atom. The molecule has 3 rings (SSSR count). The summed E-state index contributed by atoms with van der Waals surface area (Å²) in [4.78, 5) is 1.41. The predicted molar refractivity (Wildman–Crippen MR) is 80.9 cm³/mol. The van der Waals surface area contributed by atoms with Gasteiger partial charge in [0.25, 0.3) is 0 Å². The molecule has 1 atom stereocenters. The number of ether oxygens (including phenoxy) is 1. The third-order valence-corrected chi connectivity index (χ3v) is 4.74. The van der Waals surface area contributed by atoms with E-state index in [4.69, 9.17) is 16.3 Å². The molecule has 0 fully saturated rings. The van der Waals surface area contributed by atoms with Crippen molar-refractivity contribution in [3.63, 3.8) is 0 Å². The van der Waals surface area contributed by atoms with E-state index in [1.807, 2.05) is 36.0 Å². The lowest BCUT2D eigenvalue weighted by Crippen LogP contribution is -2.10. The quantitative estimate of drug-likeness (QED) is 0.815. The van der Waals surface area contributed by atoms with E-state index < -0.39 is 0 Å². The van der Waals surface area contributed by atoms with Crippen LogP contribution in [0.2, 0.25) is 5.02 Å². The highest BCUT2D eigenvalue weighted by Gasteiger charge is 2.21. The van der Waals surface area contributed by atoms with E-state index in [-0.39, 0.29) is 0 Å². The van der Waals surface area contributed by atoms with Gasteiger partial charge in [0.2, 0.25) is 0 Å². The lowest BCUT2D eigenvalue weighted by Gasteiger charge is -2.09. The monoisotopic (exact) mass is 290 g/mol. The zero-order valence-electron chi connectivity index (χ0n) is 10.5. The van der Waals surface area contributed by atoms with Crippen LogP contribution in [-0.2, 0) is 17.8 Å². The van der Waals surface area contributed by atoms with Crippen LogP contribution in [0.1, 0.15) is 11.1 Å². The smallest absolute Gasteiger partial charge is 0.0717 e. The molecule has 2 aromatic carbocycles. The summed E-state index contributed by atoms with van der Waals surface area (Å²) < 4.78 is 5.81. The summed E-state index contributed by atoms with van der Waals surface area (Å²) in [5.74, 6) is 0. The molecule has 0 N–H and O–H groups in total. The van der Waals surface area contributed by atoms with Crippen molar-refractivity contribution in [2.45, 2.75) is 23.2 Å². The number of rotatable bonds is 4. The van der Waals surface area contributed by atoms with Gasteiger partial charge in [-0.3, -0.25) is 0 Å². The molecule has 1 unspecified atom stereocenters. The van der Waals surface area contributed by atoms with E-state index in [1.165, 1.54) is 16.0 Å². The summed E-state index contributed by atoms with van der Waals surface area (Å²) in [5, 5.41) is 1.32. The van der Waals surface area contributed by atoms with Gasteiger partial charge in [0.15, 0.2) is 0 Å². The first-order chi connectivity index (χ1) is 9.31. The average Bonchev–Trinajstić information content (AvgIpc) is 2.83. The Kier molecular flexibility index (Phi) is 4.12. The van der Waals surface area contributed by atoms with E-state index in [1.54, 1.807) is 0 Å². The Morgan fingerprint density at radius 3 is 2.68 bits per heavy atom. The molecule has 0 saturated carbocycles. The van der Waals surface area contributed by atoms with Crippen molar-refractivity contribution in [2.75, 3.05) is 6.61 Å². The largest absolute Gasteiger partial charge is 0.376 e. The minimum absolute atomic E-state index is 0.546. The van der Waals surface area contributed by atoms with E-state index in [9.17, 15) is 0 Å². The van der Waals surface area contributed by atoms with Crippen molar-refractivity contribution in [3.05, 3.63) is 64.7 Å². The number of fused-ring (bicyclic) bond motifs is 1. The molecule has 0 bridgehead atoms. The third kappa shape index (κ3) is 3.33. The van der Waals surface area contributed by atoms with Crippen LogP contribution >= 0.6 is 23.4 Å². The van der Waals surface area contributed by atoms with E-state index in [0.29, 0.717) is 11.9 Å². The summed E-state index contributed by atoms with van der Waals surface area (Å²) >= 11 is 7.78. The minimum Gasteiger partial charge on any atom is -0.376 e. The van der Waals surface area contributed by atoms with Gasteiger partial charge in [0, 0.05) is 15.2 Å². The molecule has 0 aliphatic carbocycles. The molecule has 3 heteroatoms. The summed E-state index contributed by atoms with van der Waals surface area (Å²) in [5.41, 5.74) is 2.62. The Labute approximate surface area is 122 Å². The lowest BCUT2D eigenvalue weighted by atomic mass is 10.1. The van der Waals surface area contributed by atoms with Gasteiger partial charge in [-0.05, 0) is 35.7 Å². The van der Waals surface area contributed by atoms with E-state index in [2.05, 4.69) is 24.3 Å². The van der Waals surface area contributed by atoms with Crippen molar-refractivity contribution in [1.82, 2.24) is 0 Å². The topological polar surface area (TPSA) is 9.23 Å². The van der Waals surface area contributed by atoms with E-state index in [0.717, 1.165) is 18.1 Å². The van der Waals surface area contributed by atoms with Crippen LogP contribution in [0.4, 0.5) is 0 Å². The van der Waals surface area contributed by atoms with Crippen LogP contribution < -0.4 is 0 Å². The molecule has 1 aliphatic heterocycles. The van der Waals surface area contributed by atoms with Gasteiger partial charge in [-0.1, -0.05) is 41.9 Å². The molecule has 1 aliphatic rings. The molecule has 2 aromatic rings. The number of hydrogen-bond acceptors (Lipinski definition) is 2. The molecule has 19 heavy (non-hydrogen) atoms. The van der Waals surface area contributed by atoms with Crippen molar-refractivity contribution in [2.24, 2.45) is 0 Å². The SMILES string of the molecule is Clc1ccc(COCC2Cc3ccccc3S2)cc1. The second-order valence-corrected chi connectivity index (χ2v) is 6.47. The molecule has 1 heterocycles. The fraction of sp³-hybridized carbons (Fsp3) is 0.250. The molecule has 98 valence electrons. The second kappa shape index (κ2) is 6.00. The Bertz CT molecular complexity index is 528. The zero-order valence-corrected chi connectivity index (χ0v) is 12.1.